The third-order valence-electron chi connectivity index (χ3n) is 3.81. The van der Waals surface area contributed by atoms with Crippen molar-refractivity contribution in [3.63, 3.8) is 0 Å². The number of non-ortho nitro benzene ring substituents is 1. The molecule has 0 saturated carbocycles. The van der Waals surface area contributed by atoms with Gasteiger partial charge in [0.2, 0.25) is 6.33 Å². The minimum absolute atomic E-state index is 0.123. The van der Waals surface area contributed by atoms with Crippen LogP contribution in [0.3, 0.4) is 0 Å². The van der Waals surface area contributed by atoms with Crippen molar-refractivity contribution in [2.75, 3.05) is 0 Å². The van der Waals surface area contributed by atoms with Gasteiger partial charge in [0.25, 0.3) is 5.69 Å². The summed E-state index contributed by atoms with van der Waals surface area (Å²) in [6.07, 6.45) is 2.06. The Morgan fingerprint density at radius 2 is 1.72 bits per heavy atom. The number of hydrogen-bond donors (Lipinski definition) is 0. The van der Waals surface area contributed by atoms with Crippen LogP contribution in [0.4, 0.5) is 11.5 Å². The fourth-order valence-electron chi connectivity index (χ4n) is 2.63. The number of benzene rings is 2. The molecule has 0 aliphatic rings. The van der Waals surface area contributed by atoms with Gasteiger partial charge in [-0.15, -0.1) is 0 Å². The van der Waals surface area contributed by atoms with Crippen LogP contribution < -0.4 is 0 Å². The topological polar surface area (TPSA) is 104 Å². The normalized spacial score (nSPS) is 10.6. The highest BCUT2D eigenvalue weighted by Gasteiger charge is 2.24. The number of nitrogens with zero attached hydrogens (tertiary/aromatic N) is 4. The fraction of sp³-hybridized carbons (Fsp3) is 0.118. The summed E-state index contributed by atoms with van der Waals surface area (Å²) < 4.78 is 1.66. The summed E-state index contributed by atoms with van der Waals surface area (Å²) in [7, 11) is 0. The zero-order valence-corrected chi connectivity index (χ0v) is 13.1. The van der Waals surface area contributed by atoms with E-state index in [0.717, 1.165) is 5.56 Å². The van der Waals surface area contributed by atoms with E-state index in [-0.39, 0.29) is 17.2 Å². The molecule has 0 aliphatic carbocycles. The van der Waals surface area contributed by atoms with Crippen LogP contribution in [0.5, 0.6) is 0 Å². The third-order valence-corrected chi connectivity index (χ3v) is 3.81. The second-order valence-electron chi connectivity index (χ2n) is 5.41. The Morgan fingerprint density at radius 1 is 0.960 bits per heavy atom. The lowest BCUT2D eigenvalue weighted by Crippen LogP contribution is -2.03. The number of hydrogen-bond acceptors (Lipinski definition) is 5. The van der Waals surface area contributed by atoms with E-state index in [4.69, 9.17) is 0 Å². The molecule has 0 radical (unpaired) electrons. The van der Waals surface area contributed by atoms with Gasteiger partial charge in [0.15, 0.2) is 5.69 Å². The molecule has 8 heteroatoms. The molecule has 0 unspecified atom stereocenters. The second-order valence-corrected chi connectivity index (χ2v) is 5.41. The van der Waals surface area contributed by atoms with Crippen LogP contribution in [0.1, 0.15) is 5.56 Å². The molecule has 0 bridgehead atoms. The van der Waals surface area contributed by atoms with Crippen LogP contribution in [0, 0.1) is 20.2 Å². The third kappa shape index (κ3) is 3.52. The minimum atomic E-state index is -0.576. The highest BCUT2D eigenvalue weighted by molar-refractivity contribution is 5.70. The van der Waals surface area contributed by atoms with Crippen molar-refractivity contribution in [2.24, 2.45) is 0 Å². The zero-order valence-electron chi connectivity index (χ0n) is 13.1. The van der Waals surface area contributed by atoms with Crippen molar-refractivity contribution in [3.8, 4) is 11.3 Å². The van der Waals surface area contributed by atoms with Gasteiger partial charge in [-0.05, 0) is 21.9 Å². The quantitative estimate of drug-likeness (QED) is 0.504. The Balaban J connectivity index is 1.99. The van der Waals surface area contributed by atoms with Gasteiger partial charge >= 0.3 is 5.82 Å². The number of aryl methyl sites for hydroxylation is 2. The molecule has 3 rings (SSSR count). The Morgan fingerprint density at radius 3 is 2.40 bits per heavy atom. The lowest BCUT2D eigenvalue weighted by molar-refractivity contribution is -0.388. The fourth-order valence-corrected chi connectivity index (χ4v) is 2.63. The maximum Gasteiger partial charge on any atom is 0.389 e. The summed E-state index contributed by atoms with van der Waals surface area (Å²) in [5.74, 6) is -0.312. The molecule has 8 nitrogen and oxygen atoms in total. The van der Waals surface area contributed by atoms with Crippen LogP contribution in [-0.4, -0.2) is 19.4 Å². The first kappa shape index (κ1) is 16.3. The van der Waals surface area contributed by atoms with E-state index >= 15 is 0 Å². The van der Waals surface area contributed by atoms with Crippen molar-refractivity contribution in [1.29, 1.82) is 0 Å². The first-order valence-corrected chi connectivity index (χ1v) is 7.54. The molecule has 0 aliphatic heterocycles. The average Bonchev–Trinajstić information content (AvgIpc) is 3.05. The molecule has 1 heterocycles. The van der Waals surface area contributed by atoms with E-state index in [1.54, 1.807) is 10.6 Å². The van der Waals surface area contributed by atoms with Gasteiger partial charge in [-0.1, -0.05) is 42.5 Å². The molecule has 0 atom stereocenters. The van der Waals surface area contributed by atoms with Crippen molar-refractivity contribution in [1.82, 2.24) is 9.55 Å². The minimum Gasteiger partial charge on any atom is -0.358 e. The average molecular weight is 338 g/mol. The molecule has 0 spiro atoms. The molecule has 0 amide bonds. The monoisotopic (exact) mass is 338 g/mol. The lowest BCUT2D eigenvalue weighted by Gasteiger charge is -2.07. The van der Waals surface area contributed by atoms with Gasteiger partial charge in [0.05, 0.1) is 4.92 Å². The smallest absolute Gasteiger partial charge is 0.358 e. The molecule has 2 aromatic carbocycles. The van der Waals surface area contributed by atoms with E-state index < -0.39 is 9.85 Å². The highest BCUT2D eigenvalue weighted by Crippen LogP contribution is 2.31. The standard InChI is InChI=1S/C17H14N4O4/c22-20(23)15-8-4-7-14(11-15)16-17(21(24)25)18-12-19(16)10-9-13-5-2-1-3-6-13/h1-8,11-12H,9-10H2. The maximum absolute atomic E-state index is 11.3. The van der Waals surface area contributed by atoms with E-state index in [2.05, 4.69) is 4.98 Å². The Kier molecular flexibility index (Phi) is 4.51. The van der Waals surface area contributed by atoms with Gasteiger partial charge in [-0.25, -0.2) is 0 Å². The molecule has 25 heavy (non-hydrogen) atoms. The molecular formula is C17H14N4O4. The summed E-state index contributed by atoms with van der Waals surface area (Å²) >= 11 is 0. The molecule has 0 fully saturated rings. The SMILES string of the molecule is O=[N+]([O-])c1cccc(-c2c([N+](=O)[O-])ncn2CCc2ccccc2)c1. The molecule has 1 aromatic heterocycles. The first-order chi connectivity index (χ1) is 12.1. The van der Waals surface area contributed by atoms with E-state index in [9.17, 15) is 20.2 Å². The summed E-state index contributed by atoms with van der Waals surface area (Å²) in [6.45, 7) is 0.475. The van der Waals surface area contributed by atoms with Crippen LogP contribution in [-0.2, 0) is 13.0 Å². The van der Waals surface area contributed by atoms with Gasteiger partial charge in [-0.2, -0.15) is 0 Å². The number of aromatic nitrogens is 2. The van der Waals surface area contributed by atoms with E-state index in [1.807, 2.05) is 30.3 Å². The largest absolute Gasteiger partial charge is 0.389 e. The zero-order chi connectivity index (χ0) is 17.8. The molecule has 0 N–H and O–H groups in total. The lowest BCUT2D eigenvalue weighted by atomic mass is 10.1. The Hall–Kier alpha value is -3.55. The molecular weight excluding hydrogens is 324 g/mol. The predicted molar refractivity (Wildman–Crippen MR) is 91.1 cm³/mol. The van der Waals surface area contributed by atoms with E-state index in [1.165, 1.54) is 24.5 Å². The van der Waals surface area contributed by atoms with Crippen molar-refractivity contribution in [2.45, 2.75) is 13.0 Å². The van der Waals surface area contributed by atoms with Crippen LogP contribution in [0.25, 0.3) is 11.3 Å². The van der Waals surface area contributed by atoms with Crippen molar-refractivity contribution in [3.05, 3.63) is 86.7 Å². The number of rotatable bonds is 6. The first-order valence-electron chi connectivity index (χ1n) is 7.54. The number of nitro groups is 2. The highest BCUT2D eigenvalue weighted by atomic mass is 16.6. The summed E-state index contributed by atoms with van der Waals surface area (Å²) in [6, 6.07) is 15.5. The maximum atomic E-state index is 11.3. The summed E-state index contributed by atoms with van der Waals surface area (Å²) in [5, 5.41) is 22.3. The van der Waals surface area contributed by atoms with Gasteiger partial charge in [0.1, 0.15) is 0 Å². The number of nitro benzene ring substituents is 1. The van der Waals surface area contributed by atoms with Crippen molar-refractivity contribution < 1.29 is 9.85 Å². The van der Waals surface area contributed by atoms with Crippen LogP contribution in [0.15, 0.2) is 60.9 Å². The Bertz CT molecular complexity index is 921. The van der Waals surface area contributed by atoms with Gasteiger partial charge in [-0.3, -0.25) is 10.1 Å². The predicted octanol–water partition coefficient (Wildman–Crippen LogP) is 3.61. The summed E-state index contributed by atoms with van der Waals surface area (Å²) in [4.78, 5) is 25.1. The molecule has 126 valence electrons. The van der Waals surface area contributed by atoms with Gasteiger partial charge < -0.3 is 14.7 Å². The van der Waals surface area contributed by atoms with E-state index in [0.29, 0.717) is 18.5 Å². The molecule has 0 saturated heterocycles. The number of imidazole rings is 1. The van der Waals surface area contributed by atoms with Crippen molar-refractivity contribution >= 4 is 11.5 Å². The van der Waals surface area contributed by atoms with Crippen LogP contribution in [0.2, 0.25) is 0 Å². The molecule has 3 aromatic rings. The second kappa shape index (κ2) is 6.91. The van der Waals surface area contributed by atoms with Gasteiger partial charge in [0, 0.05) is 24.2 Å². The van der Waals surface area contributed by atoms with Crippen LogP contribution >= 0.6 is 0 Å². The summed E-state index contributed by atoms with van der Waals surface area (Å²) in [5.41, 5.74) is 1.63. The Labute approximate surface area is 142 Å².